The number of nitrogens with one attached hydrogen (secondary N) is 1. The molecule has 3 aromatic rings. The topological polar surface area (TPSA) is 106 Å². The van der Waals surface area contributed by atoms with Crippen LogP contribution in [0.25, 0.3) is 10.2 Å². The number of hydrogen-bond acceptors (Lipinski definition) is 9. The van der Waals surface area contributed by atoms with Crippen molar-refractivity contribution in [2.24, 2.45) is 0 Å². The molecule has 1 unspecified atom stereocenters. The van der Waals surface area contributed by atoms with Gasteiger partial charge in [-0.3, -0.25) is 9.69 Å². The average Bonchev–Trinajstić information content (AvgIpc) is 3.37. The molecular formula is C23H22F4N4O5S. The summed E-state index contributed by atoms with van der Waals surface area (Å²) >= 11 is 1.05. The molecule has 0 radical (unpaired) electrons. The summed E-state index contributed by atoms with van der Waals surface area (Å²) in [6.45, 7) is 1.06. The number of rotatable bonds is 6. The summed E-state index contributed by atoms with van der Waals surface area (Å²) in [4.78, 5) is 22.9. The van der Waals surface area contributed by atoms with E-state index in [1.165, 1.54) is 31.5 Å². The summed E-state index contributed by atoms with van der Waals surface area (Å²) in [7, 11) is 1.37. The highest BCUT2D eigenvalue weighted by Crippen LogP contribution is 2.45. The molecule has 2 N–H and O–H groups in total. The summed E-state index contributed by atoms with van der Waals surface area (Å²) in [6.07, 6.45) is -2.91. The second-order valence-electron chi connectivity index (χ2n) is 8.77. The number of hydrogen-bond donors (Lipinski definition) is 2. The molecule has 2 aliphatic heterocycles. The number of carbonyl (C=O) groups excluding carboxylic acids is 1. The number of carbonyl (C=O) groups is 1. The Morgan fingerprint density at radius 3 is 2.73 bits per heavy atom. The maximum atomic E-state index is 14.9. The van der Waals surface area contributed by atoms with Crippen LogP contribution in [-0.2, 0) is 11.4 Å². The number of aliphatic hydroxyl groups excluding tert-OH is 1. The lowest BCUT2D eigenvalue weighted by molar-refractivity contribution is -0.286. The average molecular weight is 543 g/mol. The van der Waals surface area contributed by atoms with Gasteiger partial charge in [0.1, 0.15) is 0 Å². The van der Waals surface area contributed by atoms with Gasteiger partial charge in [0, 0.05) is 43.4 Å². The van der Waals surface area contributed by atoms with E-state index in [-0.39, 0.29) is 41.2 Å². The van der Waals surface area contributed by atoms with Gasteiger partial charge < -0.3 is 24.6 Å². The van der Waals surface area contributed by atoms with E-state index in [4.69, 9.17) is 4.74 Å². The number of likely N-dealkylation sites (tertiary alicyclic amines) is 1. The van der Waals surface area contributed by atoms with Gasteiger partial charge in [0.25, 0.3) is 5.92 Å². The van der Waals surface area contributed by atoms with Gasteiger partial charge >= 0.3 is 6.29 Å². The summed E-state index contributed by atoms with van der Waals surface area (Å²) in [5.74, 6) is -4.88. The van der Waals surface area contributed by atoms with Gasteiger partial charge in [-0.15, -0.1) is 8.78 Å². The first-order valence-electron chi connectivity index (χ1n) is 11.3. The van der Waals surface area contributed by atoms with Crippen molar-refractivity contribution < 1.29 is 41.7 Å². The van der Waals surface area contributed by atoms with Crippen LogP contribution in [0, 0.1) is 0 Å². The van der Waals surface area contributed by atoms with Gasteiger partial charge in [-0.1, -0.05) is 11.3 Å². The number of piperidine rings is 1. The lowest BCUT2D eigenvalue weighted by atomic mass is 9.86. The Balaban J connectivity index is 1.30. The maximum Gasteiger partial charge on any atom is 0.586 e. The number of pyridine rings is 1. The number of thiazole rings is 1. The Morgan fingerprint density at radius 1 is 1.30 bits per heavy atom. The molecule has 2 atom stereocenters. The smallest absolute Gasteiger partial charge is 0.481 e. The fourth-order valence-corrected chi connectivity index (χ4v) is 5.31. The minimum atomic E-state index is -3.75. The van der Waals surface area contributed by atoms with Crippen LogP contribution in [0.5, 0.6) is 17.4 Å². The normalized spacial score (nSPS) is 21.1. The zero-order valence-electron chi connectivity index (χ0n) is 19.6. The molecule has 198 valence electrons. The van der Waals surface area contributed by atoms with Gasteiger partial charge in [-0.05, 0) is 18.6 Å². The number of methoxy groups -OCH3 is 1. The number of fused-ring (bicyclic) bond motifs is 2. The molecule has 1 fully saturated rings. The lowest BCUT2D eigenvalue weighted by Crippen LogP contribution is -2.52. The van der Waals surface area contributed by atoms with Crippen molar-refractivity contribution in [1.29, 1.82) is 0 Å². The SMILES string of the molecule is COc1ncc(C2CN([C@@H](C)C(=O)Nc3nc4cc5c(cc4s3)OC(F)(F)O5)CCC2(F)F)cc1CO. The number of ether oxygens (including phenoxy) is 3. The zero-order valence-corrected chi connectivity index (χ0v) is 20.5. The van der Waals surface area contributed by atoms with Crippen LogP contribution in [0.1, 0.15) is 30.4 Å². The molecule has 4 heterocycles. The summed E-state index contributed by atoms with van der Waals surface area (Å²) < 4.78 is 70.8. The summed E-state index contributed by atoms with van der Waals surface area (Å²) in [6, 6.07) is 3.32. The molecule has 2 aromatic heterocycles. The van der Waals surface area contributed by atoms with Crippen molar-refractivity contribution in [3.05, 3.63) is 35.5 Å². The van der Waals surface area contributed by atoms with Gasteiger partial charge in [0.2, 0.25) is 11.8 Å². The molecule has 0 bridgehead atoms. The quantitative estimate of drug-likeness (QED) is 0.451. The molecule has 1 amide bonds. The first kappa shape index (κ1) is 25.4. The Bertz CT molecular complexity index is 1310. The number of anilines is 1. The number of amides is 1. The number of aromatic nitrogens is 2. The Hall–Kier alpha value is -3.23. The predicted octanol–water partition coefficient (Wildman–Crippen LogP) is 3.97. The minimum Gasteiger partial charge on any atom is -0.481 e. The highest BCUT2D eigenvalue weighted by molar-refractivity contribution is 7.22. The van der Waals surface area contributed by atoms with Crippen molar-refractivity contribution in [3.8, 4) is 17.4 Å². The van der Waals surface area contributed by atoms with Crippen molar-refractivity contribution in [2.45, 2.75) is 44.1 Å². The van der Waals surface area contributed by atoms with Crippen LogP contribution in [0.3, 0.4) is 0 Å². The van der Waals surface area contributed by atoms with Crippen LogP contribution in [0.4, 0.5) is 22.7 Å². The molecule has 1 aromatic carbocycles. The van der Waals surface area contributed by atoms with E-state index in [1.54, 1.807) is 11.8 Å². The molecule has 1 saturated heterocycles. The highest BCUT2D eigenvalue weighted by Gasteiger charge is 2.47. The third kappa shape index (κ3) is 4.88. The molecule has 37 heavy (non-hydrogen) atoms. The lowest BCUT2D eigenvalue weighted by Gasteiger charge is -2.40. The van der Waals surface area contributed by atoms with Crippen molar-refractivity contribution in [3.63, 3.8) is 0 Å². The van der Waals surface area contributed by atoms with Crippen LogP contribution in [-0.4, -0.2) is 64.3 Å². The van der Waals surface area contributed by atoms with Crippen LogP contribution >= 0.6 is 11.3 Å². The monoisotopic (exact) mass is 542 g/mol. The van der Waals surface area contributed by atoms with Gasteiger partial charge in [0.15, 0.2) is 16.6 Å². The molecule has 0 saturated carbocycles. The van der Waals surface area contributed by atoms with E-state index in [2.05, 4.69) is 24.8 Å². The standard InChI is InChI=1S/C23H22F4N4O5S/c1-11(19(33)30-21-29-15-6-16-17(7-18(15)37-21)36-23(26,27)35-16)31-4-3-22(24,25)14(9-31)12-5-13(10-32)20(34-2)28-8-12/h5-8,11,14,32H,3-4,9-10H2,1-2H3,(H,29,30,33)/t11-,14?/m0/s1. The number of alkyl halides is 4. The number of nitrogens with zero attached hydrogens (tertiary/aromatic N) is 3. The number of benzene rings is 1. The van der Waals surface area contributed by atoms with E-state index in [1.807, 2.05) is 0 Å². The molecular weight excluding hydrogens is 520 g/mol. The first-order valence-corrected chi connectivity index (χ1v) is 12.1. The number of aliphatic hydroxyl groups is 1. The van der Waals surface area contributed by atoms with Crippen molar-refractivity contribution in [1.82, 2.24) is 14.9 Å². The van der Waals surface area contributed by atoms with Gasteiger partial charge in [-0.25, -0.2) is 18.7 Å². The Labute approximate surface area is 212 Å². The van der Waals surface area contributed by atoms with E-state index in [0.717, 1.165) is 11.3 Å². The van der Waals surface area contributed by atoms with Gasteiger partial charge in [-0.2, -0.15) is 0 Å². The predicted molar refractivity (Wildman–Crippen MR) is 125 cm³/mol. The third-order valence-electron chi connectivity index (χ3n) is 6.44. The Morgan fingerprint density at radius 2 is 2.03 bits per heavy atom. The minimum absolute atomic E-state index is 0.00994. The third-order valence-corrected chi connectivity index (χ3v) is 7.37. The second-order valence-corrected chi connectivity index (χ2v) is 9.80. The number of halogens is 4. The van der Waals surface area contributed by atoms with E-state index in [9.17, 15) is 27.5 Å². The second kappa shape index (κ2) is 9.26. The van der Waals surface area contributed by atoms with Crippen LogP contribution in [0.15, 0.2) is 24.4 Å². The largest absolute Gasteiger partial charge is 0.586 e. The van der Waals surface area contributed by atoms with Crippen molar-refractivity contribution in [2.75, 3.05) is 25.5 Å². The summed E-state index contributed by atoms with van der Waals surface area (Å²) in [5.41, 5.74) is 0.860. The van der Waals surface area contributed by atoms with E-state index >= 15 is 0 Å². The first-order chi connectivity index (χ1) is 17.5. The molecule has 0 aliphatic carbocycles. The summed E-state index contributed by atoms with van der Waals surface area (Å²) in [5, 5.41) is 12.4. The maximum absolute atomic E-state index is 14.9. The van der Waals surface area contributed by atoms with Gasteiger partial charge in [0.05, 0.1) is 35.9 Å². The van der Waals surface area contributed by atoms with E-state index < -0.39 is 43.1 Å². The van der Waals surface area contributed by atoms with E-state index in [0.29, 0.717) is 15.8 Å². The molecule has 9 nitrogen and oxygen atoms in total. The highest BCUT2D eigenvalue weighted by atomic mass is 32.1. The van der Waals surface area contributed by atoms with Crippen LogP contribution < -0.4 is 19.5 Å². The fourth-order valence-electron chi connectivity index (χ4n) is 4.43. The molecule has 5 rings (SSSR count). The zero-order chi connectivity index (χ0) is 26.5. The fraction of sp³-hybridized carbons (Fsp3) is 0.435. The molecule has 2 aliphatic rings. The van der Waals surface area contributed by atoms with Crippen LogP contribution in [0.2, 0.25) is 0 Å². The molecule has 14 heteroatoms. The Kier molecular flexibility index (Phi) is 6.36. The van der Waals surface area contributed by atoms with Crippen molar-refractivity contribution >= 4 is 32.6 Å². The molecule has 0 spiro atoms.